The van der Waals surface area contributed by atoms with Gasteiger partial charge in [0.05, 0.1) is 6.61 Å². The Morgan fingerprint density at radius 2 is 1.67 bits per heavy atom. The van der Waals surface area contributed by atoms with Crippen molar-refractivity contribution in [1.82, 2.24) is 0 Å². The minimum absolute atomic E-state index is 0.156. The first-order chi connectivity index (χ1) is 14.5. The van der Waals surface area contributed by atoms with Crippen LogP contribution in [0.2, 0.25) is 0 Å². The van der Waals surface area contributed by atoms with E-state index in [1.54, 1.807) is 6.07 Å². The number of rotatable bonds is 8. The minimum Gasteiger partial charge on any atom is -0.493 e. The summed E-state index contributed by atoms with van der Waals surface area (Å²) in [6, 6.07) is 21.2. The van der Waals surface area contributed by atoms with Gasteiger partial charge in [0.1, 0.15) is 18.1 Å². The van der Waals surface area contributed by atoms with Gasteiger partial charge in [-0.05, 0) is 61.2 Å². The Morgan fingerprint density at radius 1 is 0.933 bits per heavy atom. The van der Waals surface area contributed by atoms with Crippen molar-refractivity contribution in [3.63, 3.8) is 0 Å². The molecular formula is C26H29NO3. The summed E-state index contributed by atoms with van der Waals surface area (Å²) in [5.74, 6) is 1.78. The average Bonchev–Trinajstić information content (AvgIpc) is 2.75. The van der Waals surface area contributed by atoms with Gasteiger partial charge in [0.2, 0.25) is 0 Å². The highest BCUT2D eigenvalue weighted by Gasteiger charge is 2.14. The zero-order chi connectivity index (χ0) is 21.5. The summed E-state index contributed by atoms with van der Waals surface area (Å²) in [6.07, 6.45) is 0. The lowest BCUT2D eigenvalue weighted by atomic mass is 10.0. The van der Waals surface area contributed by atoms with Crippen molar-refractivity contribution in [2.24, 2.45) is 0 Å². The van der Waals surface area contributed by atoms with Gasteiger partial charge >= 0.3 is 0 Å². The molecule has 1 amide bonds. The number of para-hydroxylation sites is 2. The minimum atomic E-state index is -0.156. The number of hydrogen-bond donors (Lipinski definition) is 1. The van der Waals surface area contributed by atoms with Crippen LogP contribution in [0.4, 0.5) is 5.69 Å². The van der Waals surface area contributed by atoms with Gasteiger partial charge < -0.3 is 14.8 Å². The normalized spacial score (nSPS) is 10.7. The summed E-state index contributed by atoms with van der Waals surface area (Å²) in [5, 5.41) is 2.98. The molecule has 0 saturated heterocycles. The van der Waals surface area contributed by atoms with Crippen LogP contribution < -0.4 is 14.8 Å². The molecule has 0 unspecified atom stereocenters. The summed E-state index contributed by atoms with van der Waals surface area (Å²) < 4.78 is 11.9. The molecule has 0 fully saturated rings. The maximum absolute atomic E-state index is 12.8. The van der Waals surface area contributed by atoms with Crippen LogP contribution in [0.1, 0.15) is 53.7 Å². The predicted molar refractivity (Wildman–Crippen MR) is 122 cm³/mol. The van der Waals surface area contributed by atoms with Crippen molar-refractivity contribution in [1.29, 1.82) is 0 Å². The van der Waals surface area contributed by atoms with Gasteiger partial charge in [-0.3, -0.25) is 4.79 Å². The van der Waals surface area contributed by atoms with Gasteiger partial charge in [0, 0.05) is 16.8 Å². The van der Waals surface area contributed by atoms with Gasteiger partial charge in [-0.2, -0.15) is 0 Å². The predicted octanol–water partition coefficient (Wildman–Crippen LogP) is 6.35. The van der Waals surface area contributed by atoms with Gasteiger partial charge in [0.15, 0.2) is 0 Å². The molecule has 0 aliphatic carbocycles. The number of anilines is 1. The number of carbonyl (C=O) groups is 1. The Balaban J connectivity index is 1.83. The molecule has 0 aliphatic heterocycles. The molecule has 3 rings (SSSR count). The van der Waals surface area contributed by atoms with Crippen LogP contribution in [0.5, 0.6) is 11.5 Å². The van der Waals surface area contributed by atoms with E-state index >= 15 is 0 Å². The summed E-state index contributed by atoms with van der Waals surface area (Å²) in [5.41, 5.74) is 4.39. The third kappa shape index (κ3) is 5.20. The fourth-order valence-corrected chi connectivity index (χ4v) is 3.28. The van der Waals surface area contributed by atoms with E-state index in [9.17, 15) is 4.79 Å². The topological polar surface area (TPSA) is 47.6 Å². The van der Waals surface area contributed by atoms with E-state index in [2.05, 4.69) is 25.2 Å². The molecule has 0 spiro atoms. The van der Waals surface area contributed by atoms with Crippen LogP contribution in [0.25, 0.3) is 0 Å². The lowest BCUT2D eigenvalue weighted by molar-refractivity contribution is 0.102. The highest BCUT2D eigenvalue weighted by atomic mass is 16.5. The van der Waals surface area contributed by atoms with Crippen LogP contribution in [0, 0.1) is 6.92 Å². The maximum Gasteiger partial charge on any atom is 0.255 e. The van der Waals surface area contributed by atoms with Gasteiger partial charge in [-0.1, -0.05) is 50.2 Å². The number of carbonyl (C=O) groups excluding carboxylic acids is 1. The maximum atomic E-state index is 12.8. The van der Waals surface area contributed by atoms with Crippen LogP contribution >= 0.6 is 0 Å². The Morgan fingerprint density at radius 3 is 2.40 bits per heavy atom. The first-order valence-electron chi connectivity index (χ1n) is 10.3. The highest BCUT2D eigenvalue weighted by molar-refractivity contribution is 6.04. The molecule has 30 heavy (non-hydrogen) atoms. The molecule has 4 heteroatoms. The van der Waals surface area contributed by atoms with Crippen molar-refractivity contribution in [2.75, 3.05) is 11.9 Å². The average molecular weight is 404 g/mol. The second-order valence-corrected chi connectivity index (χ2v) is 7.51. The molecule has 4 nitrogen and oxygen atoms in total. The molecule has 0 saturated carbocycles. The van der Waals surface area contributed by atoms with E-state index < -0.39 is 0 Å². The molecule has 0 radical (unpaired) electrons. The Labute approximate surface area is 178 Å². The standard InChI is InChI=1S/C26H29NO3/c1-5-29-24-15-14-20(26(28)27-23-12-8-6-10-19(23)4)16-21(24)17-30-25-13-9-7-11-22(25)18(2)3/h6-16,18H,5,17H2,1-4H3,(H,27,28). The molecule has 0 bridgehead atoms. The quantitative estimate of drug-likeness (QED) is 0.477. The van der Waals surface area contributed by atoms with Crippen molar-refractivity contribution < 1.29 is 14.3 Å². The lowest BCUT2D eigenvalue weighted by Crippen LogP contribution is -2.14. The van der Waals surface area contributed by atoms with Crippen molar-refractivity contribution >= 4 is 11.6 Å². The van der Waals surface area contributed by atoms with Crippen LogP contribution in [-0.4, -0.2) is 12.5 Å². The zero-order valence-electron chi connectivity index (χ0n) is 18.1. The molecule has 0 aliphatic rings. The smallest absolute Gasteiger partial charge is 0.255 e. The first-order valence-corrected chi connectivity index (χ1v) is 10.3. The van der Waals surface area contributed by atoms with E-state index in [4.69, 9.17) is 9.47 Å². The summed E-state index contributed by atoms with van der Waals surface area (Å²) in [7, 11) is 0. The van der Waals surface area contributed by atoms with Crippen LogP contribution in [0.3, 0.4) is 0 Å². The van der Waals surface area contributed by atoms with E-state index in [1.807, 2.05) is 68.4 Å². The Kier molecular flexibility index (Phi) is 7.12. The third-order valence-corrected chi connectivity index (χ3v) is 4.94. The number of ether oxygens (including phenoxy) is 2. The third-order valence-electron chi connectivity index (χ3n) is 4.94. The monoisotopic (exact) mass is 403 g/mol. The van der Waals surface area contributed by atoms with E-state index in [1.165, 1.54) is 0 Å². The molecule has 156 valence electrons. The second-order valence-electron chi connectivity index (χ2n) is 7.51. The summed E-state index contributed by atoms with van der Waals surface area (Å²) in [6.45, 7) is 9.07. The zero-order valence-corrected chi connectivity index (χ0v) is 18.1. The van der Waals surface area contributed by atoms with Gasteiger partial charge in [-0.15, -0.1) is 0 Å². The summed E-state index contributed by atoms with van der Waals surface area (Å²) in [4.78, 5) is 12.8. The van der Waals surface area contributed by atoms with E-state index in [0.717, 1.165) is 33.9 Å². The van der Waals surface area contributed by atoms with E-state index in [0.29, 0.717) is 24.7 Å². The number of benzene rings is 3. The van der Waals surface area contributed by atoms with Gasteiger partial charge in [-0.25, -0.2) is 0 Å². The number of nitrogens with one attached hydrogen (secondary N) is 1. The Bertz CT molecular complexity index is 1010. The number of aryl methyl sites for hydroxylation is 1. The second kappa shape index (κ2) is 9.97. The van der Waals surface area contributed by atoms with Crippen molar-refractivity contribution in [3.05, 3.63) is 89.0 Å². The summed E-state index contributed by atoms with van der Waals surface area (Å²) >= 11 is 0. The SMILES string of the molecule is CCOc1ccc(C(=O)Nc2ccccc2C)cc1COc1ccccc1C(C)C. The van der Waals surface area contributed by atoms with E-state index in [-0.39, 0.29) is 5.91 Å². The van der Waals surface area contributed by atoms with Gasteiger partial charge in [0.25, 0.3) is 5.91 Å². The highest BCUT2D eigenvalue weighted by Crippen LogP contribution is 2.28. The fourth-order valence-electron chi connectivity index (χ4n) is 3.28. The molecular weight excluding hydrogens is 374 g/mol. The molecule has 1 N–H and O–H groups in total. The van der Waals surface area contributed by atoms with Crippen LogP contribution in [0.15, 0.2) is 66.7 Å². The molecule has 0 atom stereocenters. The largest absolute Gasteiger partial charge is 0.493 e. The van der Waals surface area contributed by atoms with Crippen LogP contribution in [-0.2, 0) is 6.61 Å². The Hall–Kier alpha value is -3.27. The first kappa shape index (κ1) is 21.4. The molecule has 0 heterocycles. The van der Waals surface area contributed by atoms with Crippen molar-refractivity contribution in [2.45, 2.75) is 40.2 Å². The fraction of sp³-hybridized carbons (Fsp3) is 0.269. The molecule has 0 aromatic heterocycles. The van der Waals surface area contributed by atoms with Crippen molar-refractivity contribution in [3.8, 4) is 11.5 Å². The number of hydrogen-bond acceptors (Lipinski definition) is 3. The number of amides is 1. The lowest BCUT2D eigenvalue weighted by Gasteiger charge is -2.16. The molecule has 3 aromatic carbocycles. The molecule has 3 aromatic rings.